The van der Waals surface area contributed by atoms with E-state index in [-0.39, 0.29) is 17.6 Å². The maximum atomic E-state index is 12.6. The first-order chi connectivity index (χ1) is 12.3. The Morgan fingerprint density at radius 2 is 1.58 bits per heavy atom. The molecule has 1 aliphatic heterocycles. The lowest BCUT2D eigenvalue weighted by Gasteiger charge is -2.16. The lowest BCUT2D eigenvalue weighted by atomic mass is 9.86. The largest absolute Gasteiger partial charge is 0.309 e. The summed E-state index contributed by atoms with van der Waals surface area (Å²) in [7, 11) is 1.04. The molecule has 0 bridgehead atoms. The molecule has 0 amide bonds. The Kier molecular flexibility index (Phi) is 11.0. The summed E-state index contributed by atoms with van der Waals surface area (Å²) in [6.07, 6.45) is 12.2. The molecule has 5 nitrogen and oxygen atoms in total. The van der Waals surface area contributed by atoms with Gasteiger partial charge in [0.25, 0.3) is 0 Å². The number of hydrogen-bond donors (Lipinski definition) is 0. The fraction of sp³-hybridized carbons (Fsp3) is 0.950. The first-order valence-electron chi connectivity index (χ1n) is 10.4. The number of sulfonamides is 1. The van der Waals surface area contributed by atoms with Gasteiger partial charge >= 0.3 is 0 Å². The van der Waals surface area contributed by atoms with Crippen molar-refractivity contribution >= 4 is 15.8 Å². The molecule has 0 aromatic carbocycles. The highest BCUT2D eigenvalue weighted by molar-refractivity contribution is 7.88. The molecular weight excluding hydrogens is 348 g/mol. The van der Waals surface area contributed by atoms with Gasteiger partial charge in [-0.15, -0.1) is 0 Å². The molecule has 1 unspecified atom stereocenters. The van der Waals surface area contributed by atoms with Gasteiger partial charge in [0.05, 0.1) is 6.26 Å². The third-order valence-electron chi connectivity index (χ3n) is 5.48. The molecule has 0 aromatic rings. The summed E-state index contributed by atoms with van der Waals surface area (Å²) in [6, 6.07) is 0. The van der Waals surface area contributed by atoms with Crippen LogP contribution in [0.2, 0.25) is 0 Å². The molecule has 1 rings (SSSR count). The van der Waals surface area contributed by atoms with E-state index < -0.39 is 10.0 Å². The van der Waals surface area contributed by atoms with Crippen molar-refractivity contribution in [3.8, 4) is 0 Å². The highest BCUT2D eigenvalue weighted by atomic mass is 32.2. The lowest BCUT2D eigenvalue weighted by Crippen LogP contribution is -2.28. The van der Waals surface area contributed by atoms with Gasteiger partial charge in [0, 0.05) is 25.4 Å². The minimum atomic E-state index is -3.19. The van der Waals surface area contributed by atoms with E-state index in [1.54, 1.807) is 0 Å². The van der Waals surface area contributed by atoms with Crippen molar-refractivity contribution < 1.29 is 13.2 Å². The number of nitrogens with zero attached hydrogens (tertiary/aromatic N) is 2. The number of unbranched alkanes of at least 4 members (excludes halogenated alkanes) is 6. The molecule has 0 N–H and O–H groups in total. The molecule has 26 heavy (non-hydrogen) atoms. The summed E-state index contributed by atoms with van der Waals surface area (Å²) in [5.74, 6) is 0.398. The van der Waals surface area contributed by atoms with E-state index in [1.165, 1.54) is 49.2 Å². The SMILES string of the molecule is CCC[C@H]1CN(S(C)(=O)=O)CC1C(=O)CCCCCCCCCN(C)C. The Morgan fingerprint density at radius 3 is 2.12 bits per heavy atom. The highest BCUT2D eigenvalue weighted by Crippen LogP contribution is 2.31. The molecule has 0 aromatic heterocycles. The summed E-state index contributed by atoms with van der Waals surface area (Å²) in [5, 5.41) is 0. The van der Waals surface area contributed by atoms with E-state index in [4.69, 9.17) is 0 Å². The second-order valence-electron chi connectivity index (χ2n) is 8.23. The average Bonchev–Trinajstić information content (AvgIpc) is 2.97. The van der Waals surface area contributed by atoms with Crippen LogP contribution in [0.4, 0.5) is 0 Å². The first-order valence-corrected chi connectivity index (χ1v) is 12.2. The number of hydrogen-bond acceptors (Lipinski definition) is 4. The second kappa shape index (κ2) is 12.1. The van der Waals surface area contributed by atoms with Gasteiger partial charge in [-0.2, -0.15) is 0 Å². The Morgan fingerprint density at radius 1 is 1.00 bits per heavy atom. The molecule has 2 atom stereocenters. The molecule has 154 valence electrons. The van der Waals surface area contributed by atoms with E-state index in [2.05, 4.69) is 25.9 Å². The first kappa shape index (κ1) is 23.6. The van der Waals surface area contributed by atoms with Crippen LogP contribution in [0.25, 0.3) is 0 Å². The van der Waals surface area contributed by atoms with Crippen molar-refractivity contribution in [1.82, 2.24) is 9.21 Å². The topological polar surface area (TPSA) is 57.7 Å². The summed E-state index contributed by atoms with van der Waals surface area (Å²) in [5.41, 5.74) is 0. The minimum Gasteiger partial charge on any atom is -0.309 e. The molecule has 1 saturated heterocycles. The Balaban J connectivity index is 2.23. The van der Waals surface area contributed by atoms with Gasteiger partial charge in [-0.3, -0.25) is 4.79 Å². The zero-order chi connectivity index (χ0) is 19.6. The van der Waals surface area contributed by atoms with Crippen LogP contribution in [0.15, 0.2) is 0 Å². The van der Waals surface area contributed by atoms with Crippen molar-refractivity contribution in [3.63, 3.8) is 0 Å². The van der Waals surface area contributed by atoms with E-state index in [1.807, 2.05) is 0 Å². The van der Waals surface area contributed by atoms with Crippen LogP contribution in [0.5, 0.6) is 0 Å². The van der Waals surface area contributed by atoms with Gasteiger partial charge in [-0.1, -0.05) is 45.4 Å². The predicted octanol–water partition coefficient (Wildman–Crippen LogP) is 3.55. The molecule has 0 spiro atoms. The number of rotatable bonds is 14. The zero-order valence-electron chi connectivity index (χ0n) is 17.4. The van der Waals surface area contributed by atoms with Crippen LogP contribution < -0.4 is 0 Å². The second-order valence-corrected chi connectivity index (χ2v) is 10.2. The summed E-state index contributed by atoms with van der Waals surface area (Å²) in [6.45, 7) is 4.19. The third kappa shape index (κ3) is 8.96. The number of carbonyl (C=O) groups excluding carboxylic acids is 1. The Labute approximate surface area is 161 Å². The number of ketones is 1. The minimum absolute atomic E-state index is 0.0873. The molecular formula is C20H40N2O3S. The van der Waals surface area contributed by atoms with Crippen LogP contribution in [0.3, 0.4) is 0 Å². The van der Waals surface area contributed by atoms with Crippen molar-refractivity contribution in [2.24, 2.45) is 11.8 Å². The van der Waals surface area contributed by atoms with E-state index in [9.17, 15) is 13.2 Å². The van der Waals surface area contributed by atoms with Crippen molar-refractivity contribution in [3.05, 3.63) is 0 Å². The van der Waals surface area contributed by atoms with E-state index >= 15 is 0 Å². The van der Waals surface area contributed by atoms with Gasteiger partial charge < -0.3 is 4.90 Å². The van der Waals surface area contributed by atoms with E-state index in [0.29, 0.717) is 19.5 Å². The Bertz CT molecular complexity index is 505. The summed E-state index contributed by atoms with van der Waals surface area (Å²) in [4.78, 5) is 14.8. The summed E-state index contributed by atoms with van der Waals surface area (Å²) < 4.78 is 25.1. The molecule has 1 heterocycles. The maximum absolute atomic E-state index is 12.6. The molecule has 0 aliphatic carbocycles. The molecule has 1 fully saturated rings. The maximum Gasteiger partial charge on any atom is 0.211 e. The monoisotopic (exact) mass is 388 g/mol. The highest BCUT2D eigenvalue weighted by Gasteiger charge is 2.39. The number of carbonyl (C=O) groups is 1. The molecule has 0 saturated carbocycles. The van der Waals surface area contributed by atoms with Crippen LogP contribution in [-0.2, 0) is 14.8 Å². The van der Waals surface area contributed by atoms with Crippen LogP contribution >= 0.6 is 0 Å². The van der Waals surface area contributed by atoms with Crippen LogP contribution in [0, 0.1) is 11.8 Å². The van der Waals surface area contributed by atoms with E-state index in [0.717, 1.165) is 25.7 Å². The zero-order valence-corrected chi connectivity index (χ0v) is 18.2. The smallest absolute Gasteiger partial charge is 0.211 e. The van der Waals surface area contributed by atoms with Gasteiger partial charge in [-0.05, 0) is 45.8 Å². The fourth-order valence-corrected chi connectivity index (χ4v) is 4.82. The van der Waals surface area contributed by atoms with Gasteiger partial charge in [-0.25, -0.2) is 12.7 Å². The molecule has 6 heteroatoms. The standard InChI is InChI=1S/C20H40N2O3S/c1-5-13-18-16-22(26(4,24)25)17-19(18)20(23)14-11-9-7-6-8-10-12-15-21(2)3/h18-19H,5-17H2,1-4H3/t18-,19?/m0/s1. The Hall–Kier alpha value is -0.460. The fourth-order valence-electron chi connectivity index (χ4n) is 3.93. The van der Waals surface area contributed by atoms with Crippen LogP contribution in [0.1, 0.15) is 71.1 Å². The van der Waals surface area contributed by atoms with Gasteiger partial charge in [0.2, 0.25) is 10.0 Å². The van der Waals surface area contributed by atoms with Gasteiger partial charge in [0.1, 0.15) is 5.78 Å². The van der Waals surface area contributed by atoms with Crippen molar-refractivity contribution in [2.45, 2.75) is 71.1 Å². The quantitative estimate of drug-likeness (QED) is 0.427. The third-order valence-corrected chi connectivity index (χ3v) is 6.71. The van der Waals surface area contributed by atoms with Gasteiger partial charge in [0.15, 0.2) is 0 Å². The molecule has 0 radical (unpaired) electrons. The number of Topliss-reactive ketones (excluding diaryl/α,β-unsaturated/α-hetero) is 1. The average molecular weight is 389 g/mol. The molecule has 1 aliphatic rings. The normalized spacial score (nSPS) is 21.6. The van der Waals surface area contributed by atoms with Crippen molar-refractivity contribution in [1.29, 1.82) is 0 Å². The van der Waals surface area contributed by atoms with Crippen molar-refractivity contribution in [2.75, 3.05) is 40.0 Å². The lowest BCUT2D eigenvalue weighted by molar-refractivity contribution is -0.123. The predicted molar refractivity (Wildman–Crippen MR) is 109 cm³/mol. The van der Waals surface area contributed by atoms with Crippen LogP contribution in [-0.4, -0.2) is 63.4 Å². The summed E-state index contributed by atoms with van der Waals surface area (Å²) >= 11 is 0.